The van der Waals surface area contributed by atoms with E-state index in [2.05, 4.69) is 15.1 Å². The number of rotatable bonds is 4. The Morgan fingerprint density at radius 2 is 1.57 bits per heavy atom. The number of pyridine rings is 2. The largest absolute Gasteiger partial charge is 0.507 e. The second-order valence-corrected chi connectivity index (χ2v) is 5.09. The molecular formula is C18H15N3O2. The Morgan fingerprint density at radius 1 is 0.913 bits per heavy atom. The average molecular weight is 305 g/mol. The van der Waals surface area contributed by atoms with Crippen molar-refractivity contribution < 1.29 is 10.3 Å². The minimum Gasteiger partial charge on any atom is -0.507 e. The van der Waals surface area contributed by atoms with Gasteiger partial charge >= 0.3 is 0 Å². The van der Waals surface area contributed by atoms with Crippen LogP contribution in [-0.4, -0.2) is 26.5 Å². The third-order valence-corrected chi connectivity index (χ3v) is 3.54. The van der Waals surface area contributed by atoms with Crippen LogP contribution in [-0.2, 0) is 6.42 Å². The molecule has 0 saturated carbocycles. The van der Waals surface area contributed by atoms with E-state index in [4.69, 9.17) is 5.21 Å². The van der Waals surface area contributed by atoms with Gasteiger partial charge in [0, 0.05) is 35.9 Å². The Hall–Kier alpha value is -3.21. The van der Waals surface area contributed by atoms with Gasteiger partial charge in [-0.15, -0.1) is 0 Å². The summed E-state index contributed by atoms with van der Waals surface area (Å²) in [6.45, 7) is 0. The van der Waals surface area contributed by atoms with Crippen molar-refractivity contribution in [2.24, 2.45) is 5.16 Å². The zero-order valence-corrected chi connectivity index (χ0v) is 12.3. The lowest BCUT2D eigenvalue weighted by atomic mass is 9.96. The normalized spacial score (nSPS) is 11.0. The summed E-state index contributed by atoms with van der Waals surface area (Å²) in [6.07, 6.45) is 8.75. The van der Waals surface area contributed by atoms with Crippen LogP contribution in [0.5, 0.6) is 5.75 Å². The number of benzene rings is 1. The fourth-order valence-corrected chi connectivity index (χ4v) is 2.47. The molecule has 5 nitrogen and oxygen atoms in total. The molecule has 0 radical (unpaired) electrons. The second-order valence-electron chi connectivity index (χ2n) is 5.09. The molecule has 3 aromatic rings. The minimum atomic E-state index is 0.0764. The van der Waals surface area contributed by atoms with Crippen LogP contribution in [0.3, 0.4) is 0 Å². The molecule has 3 rings (SSSR count). The molecule has 5 heteroatoms. The number of phenolic OH excluding ortho intramolecular Hbond substituents is 1. The quantitative estimate of drug-likeness (QED) is 0.440. The van der Waals surface area contributed by atoms with E-state index in [1.54, 1.807) is 30.9 Å². The summed E-state index contributed by atoms with van der Waals surface area (Å²) in [4.78, 5) is 8.01. The number of nitrogens with zero attached hydrogens (tertiary/aromatic N) is 3. The Labute approximate surface area is 133 Å². The lowest BCUT2D eigenvalue weighted by Gasteiger charge is -2.11. The van der Waals surface area contributed by atoms with Crippen LogP contribution in [0.15, 0.2) is 66.3 Å². The molecule has 0 amide bonds. The molecule has 2 aromatic heterocycles. The first kappa shape index (κ1) is 14.7. The zero-order valence-electron chi connectivity index (χ0n) is 12.3. The number of phenols is 1. The van der Waals surface area contributed by atoms with Crippen molar-refractivity contribution in [1.29, 1.82) is 0 Å². The predicted molar refractivity (Wildman–Crippen MR) is 87.8 cm³/mol. The monoisotopic (exact) mass is 305 g/mol. The molecule has 0 fully saturated rings. The number of aromatic nitrogens is 2. The van der Waals surface area contributed by atoms with E-state index in [0.29, 0.717) is 17.5 Å². The van der Waals surface area contributed by atoms with Gasteiger partial charge in [-0.1, -0.05) is 5.16 Å². The van der Waals surface area contributed by atoms with Crippen molar-refractivity contribution in [3.05, 3.63) is 77.9 Å². The van der Waals surface area contributed by atoms with Gasteiger partial charge < -0.3 is 10.3 Å². The van der Waals surface area contributed by atoms with E-state index in [-0.39, 0.29) is 5.75 Å². The molecular weight excluding hydrogens is 290 g/mol. The third-order valence-electron chi connectivity index (χ3n) is 3.54. The fourth-order valence-electron chi connectivity index (χ4n) is 2.47. The molecule has 0 saturated heterocycles. The molecule has 2 N–H and O–H groups in total. The summed E-state index contributed by atoms with van der Waals surface area (Å²) in [6, 6.07) is 11.3. The highest BCUT2D eigenvalue weighted by molar-refractivity contribution is 5.88. The molecule has 23 heavy (non-hydrogen) atoms. The number of aromatic hydroxyl groups is 1. The maximum Gasteiger partial charge on any atom is 0.132 e. The first-order valence-corrected chi connectivity index (χ1v) is 7.10. The smallest absolute Gasteiger partial charge is 0.132 e. The maximum atomic E-state index is 10.4. The number of hydrogen-bond donors (Lipinski definition) is 2. The van der Waals surface area contributed by atoms with E-state index in [1.807, 2.05) is 30.3 Å². The summed E-state index contributed by atoms with van der Waals surface area (Å²) in [7, 11) is 0. The topological polar surface area (TPSA) is 78.6 Å². The number of oxime groups is 1. The summed E-state index contributed by atoms with van der Waals surface area (Å²) < 4.78 is 0. The first-order valence-electron chi connectivity index (χ1n) is 7.10. The van der Waals surface area contributed by atoms with Crippen molar-refractivity contribution in [1.82, 2.24) is 9.97 Å². The molecule has 114 valence electrons. The molecule has 0 aliphatic carbocycles. The zero-order chi connectivity index (χ0) is 16.1. The SMILES string of the molecule is ON=Cc1cc(Cc2ccncc2)cc(-c2ccncc2)c1O. The Morgan fingerprint density at radius 3 is 2.22 bits per heavy atom. The van der Waals surface area contributed by atoms with Crippen LogP contribution in [0.2, 0.25) is 0 Å². The van der Waals surface area contributed by atoms with E-state index < -0.39 is 0 Å². The highest BCUT2D eigenvalue weighted by Crippen LogP contribution is 2.33. The molecule has 0 bridgehead atoms. The van der Waals surface area contributed by atoms with Gasteiger partial charge in [0.15, 0.2) is 0 Å². The molecule has 1 aromatic carbocycles. The van der Waals surface area contributed by atoms with Gasteiger partial charge in [-0.25, -0.2) is 0 Å². The molecule has 0 unspecified atom stereocenters. The Bertz CT molecular complexity index is 818. The fraction of sp³-hybridized carbons (Fsp3) is 0.0556. The third kappa shape index (κ3) is 3.35. The van der Waals surface area contributed by atoms with Gasteiger partial charge in [0.25, 0.3) is 0 Å². The highest BCUT2D eigenvalue weighted by atomic mass is 16.4. The molecule has 0 aliphatic heterocycles. The lowest BCUT2D eigenvalue weighted by molar-refractivity contribution is 0.321. The second kappa shape index (κ2) is 6.70. The average Bonchev–Trinajstić information content (AvgIpc) is 2.59. The Balaban J connectivity index is 2.08. The predicted octanol–water partition coefficient (Wildman–Crippen LogP) is 3.25. The van der Waals surface area contributed by atoms with Crippen LogP contribution in [0, 0.1) is 0 Å². The van der Waals surface area contributed by atoms with Crippen molar-refractivity contribution in [2.45, 2.75) is 6.42 Å². The van der Waals surface area contributed by atoms with Crippen molar-refractivity contribution in [3.63, 3.8) is 0 Å². The summed E-state index contributed by atoms with van der Waals surface area (Å²) in [5.41, 5.74) is 4.09. The molecule has 0 aliphatic rings. The van der Waals surface area contributed by atoms with Gasteiger partial charge in [0.2, 0.25) is 0 Å². The molecule has 2 heterocycles. The number of hydrogen-bond acceptors (Lipinski definition) is 5. The van der Waals surface area contributed by atoms with Gasteiger partial charge in [0.05, 0.1) is 6.21 Å². The first-order chi connectivity index (χ1) is 11.3. The van der Waals surface area contributed by atoms with Crippen molar-refractivity contribution >= 4 is 6.21 Å². The van der Waals surface area contributed by atoms with Gasteiger partial charge in [-0.2, -0.15) is 0 Å². The van der Waals surface area contributed by atoms with Crippen LogP contribution in [0.4, 0.5) is 0 Å². The van der Waals surface area contributed by atoms with Crippen LogP contribution < -0.4 is 0 Å². The Kier molecular flexibility index (Phi) is 4.29. The summed E-state index contributed by atoms with van der Waals surface area (Å²) in [5, 5.41) is 22.3. The molecule has 0 atom stereocenters. The van der Waals surface area contributed by atoms with E-state index in [9.17, 15) is 5.11 Å². The van der Waals surface area contributed by atoms with E-state index >= 15 is 0 Å². The summed E-state index contributed by atoms with van der Waals surface area (Å²) in [5.74, 6) is 0.0764. The van der Waals surface area contributed by atoms with E-state index in [0.717, 1.165) is 16.7 Å². The van der Waals surface area contributed by atoms with Crippen LogP contribution >= 0.6 is 0 Å². The van der Waals surface area contributed by atoms with Crippen LogP contribution in [0.25, 0.3) is 11.1 Å². The van der Waals surface area contributed by atoms with E-state index in [1.165, 1.54) is 6.21 Å². The van der Waals surface area contributed by atoms with Crippen molar-refractivity contribution in [2.75, 3.05) is 0 Å². The lowest BCUT2D eigenvalue weighted by Crippen LogP contribution is -1.94. The van der Waals surface area contributed by atoms with Gasteiger partial charge in [-0.3, -0.25) is 9.97 Å². The van der Waals surface area contributed by atoms with Gasteiger partial charge in [-0.05, 0) is 59.5 Å². The van der Waals surface area contributed by atoms with Crippen LogP contribution in [0.1, 0.15) is 16.7 Å². The summed E-state index contributed by atoms with van der Waals surface area (Å²) >= 11 is 0. The standard InChI is InChI=1S/C18H15N3O2/c22-18-16(12-21-23)10-14(9-13-1-5-19-6-2-13)11-17(18)15-3-7-20-8-4-15/h1-8,10-12,22-23H,9H2. The maximum absolute atomic E-state index is 10.4. The highest BCUT2D eigenvalue weighted by Gasteiger charge is 2.11. The minimum absolute atomic E-state index is 0.0764. The van der Waals surface area contributed by atoms with Crippen molar-refractivity contribution in [3.8, 4) is 16.9 Å². The van der Waals surface area contributed by atoms with Gasteiger partial charge in [0.1, 0.15) is 5.75 Å². The molecule has 0 spiro atoms.